The molecule has 1 aromatic rings. The van der Waals surface area contributed by atoms with Gasteiger partial charge in [0.1, 0.15) is 6.61 Å². The number of rotatable bonds is 3. The summed E-state index contributed by atoms with van der Waals surface area (Å²) in [5, 5.41) is 0. The number of hydrogen-bond acceptors (Lipinski definition) is 1. The molecule has 11 heavy (non-hydrogen) atoms. The van der Waals surface area contributed by atoms with Crippen LogP contribution in [0.25, 0.3) is 0 Å². The van der Waals surface area contributed by atoms with Gasteiger partial charge >= 0.3 is 0 Å². The second-order valence-corrected chi connectivity index (χ2v) is 2.61. The lowest BCUT2D eigenvalue weighted by molar-refractivity contribution is -0.698. The molecule has 0 fully saturated rings. The molecule has 1 rings (SSSR count). The minimum absolute atomic E-state index is 0.772. The molecule has 0 aromatic carbocycles. The first-order valence-electron chi connectivity index (χ1n) is 3.77. The van der Waals surface area contributed by atoms with E-state index < -0.39 is 0 Å². The van der Waals surface area contributed by atoms with Gasteiger partial charge in [-0.2, -0.15) is 0 Å². The van der Waals surface area contributed by atoms with Crippen LogP contribution in [-0.2, 0) is 11.3 Å². The topological polar surface area (TPSA) is 13.1 Å². The van der Waals surface area contributed by atoms with Crippen LogP contribution in [0.5, 0.6) is 0 Å². The van der Waals surface area contributed by atoms with E-state index in [1.54, 1.807) is 7.11 Å². The maximum atomic E-state index is 4.96. The summed E-state index contributed by atoms with van der Waals surface area (Å²) in [5.41, 5.74) is 1.28. The molecule has 0 aliphatic rings. The van der Waals surface area contributed by atoms with Crippen molar-refractivity contribution in [3.8, 4) is 0 Å². The first-order valence-corrected chi connectivity index (χ1v) is 3.77. The van der Waals surface area contributed by atoms with Crippen LogP contribution in [0.1, 0.15) is 5.56 Å². The van der Waals surface area contributed by atoms with E-state index in [9.17, 15) is 0 Å². The van der Waals surface area contributed by atoms with E-state index in [-0.39, 0.29) is 0 Å². The summed E-state index contributed by atoms with van der Waals surface area (Å²) in [5.74, 6) is 0. The van der Waals surface area contributed by atoms with Crippen LogP contribution in [0.3, 0.4) is 0 Å². The van der Waals surface area contributed by atoms with Gasteiger partial charge in [0.05, 0.1) is 0 Å². The van der Waals surface area contributed by atoms with Gasteiger partial charge in [0.2, 0.25) is 0 Å². The summed E-state index contributed by atoms with van der Waals surface area (Å²) in [7, 11) is 1.72. The maximum Gasteiger partial charge on any atom is 0.171 e. The minimum Gasteiger partial charge on any atom is -0.378 e. The Morgan fingerprint density at radius 2 is 2.36 bits per heavy atom. The molecule has 1 heterocycles. The van der Waals surface area contributed by atoms with Crippen molar-refractivity contribution >= 4 is 0 Å². The molecule has 0 saturated heterocycles. The molecule has 0 aliphatic heterocycles. The van der Waals surface area contributed by atoms with Gasteiger partial charge in [0.25, 0.3) is 0 Å². The van der Waals surface area contributed by atoms with E-state index in [1.807, 2.05) is 12.3 Å². The summed E-state index contributed by atoms with van der Waals surface area (Å²) < 4.78 is 7.09. The molecule has 0 aliphatic carbocycles. The highest BCUT2D eigenvalue weighted by atomic mass is 16.5. The first-order chi connectivity index (χ1) is 5.33. The van der Waals surface area contributed by atoms with Crippen molar-refractivity contribution in [3.63, 3.8) is 0 Å². The Morgan fingerprint density at radius 3 is 3.00 bits per heavy atom. The zero-order chi connectivity index (χ0) is 8.10. The molecule has 1 aromatic heterocycles. The average Bonchev–Trinajstić information content (AvgIpc) is 2.01. The lowest BCUT2D eigenvalue weighted by Gasteiger charge is -1.95. The lowest BCUT2D eigenvalue weighted by Crippen LogP contribution is -2.35. The Balaban J connectivity index is 2.56. The zero-order valence-electron chi connectivity index (χ0n) is 7.08. The van der Waals surface area contributed by atoms with Gasteiger partial charge in [-0.05, 0) is 13.0 Å². The fourth-order valence-corrected chi connectivity index (χ4v) is 0.989. The molecular formula is C9H14NO+. The summed E-state index contributed by atoms with van der Waals surface area (Å²) >= 11 is 0. The standard InChI is InChI=1S/C9H14NO/c1-9-4-3-5-10(8-9)6-7-11-2/h3-5,8H,6-7H2,1-2H3/q+1. The van der Waals surface area contributed by atoms with Gasteiger partial charge < -0.3 is 4.74 Å². The number of methoxy groups -OCH3 is 1. The molecule has 60 valence electrons. The molecule has 2 nitrogen and oxygen atoms in total. The second kappa shape index (κ2) is 4.09. The van der Waals surface area contributed by atoms with E-state index in [0.717, 1.165) is 13.2 Å². The van der Waals surface area contributed by atoms with Crippen LogP contribution >= 0.6 is 0 Å². The third kappa shape index (κ3) is 2.68. The van der Waals surface area contributed by atoms with Crippen molar-refractivity contribution in [3.05, 3.63) is 30.1 Å². The quantitative estimate of drug-likeness (QED) is 0.587. The van der Waals surface area contributed by atoms with Gasteiger partial charge in [-0.15, -0.1) is 0 Å². The highest BCUT2D eigenvalue weighted by Gasteiger charge is 1.97. The smallest absolute Gasteiger partial charge is 0.171 e. The van der Waals surface area contributed by atoms with Crippen molar-refractivity contribution in [2.75, 3.05) is 13.7 Å². The number of ether oxygens (including phenoxy) is 1. The van der Waals surface area contributed by atoms with E-state index in [2.05, 4.69) is 23.8 Å². The minimum atomic E-state index is 0.772. The third-order valence-corrected chi connectivity index (χ3v) is 1.56. The van der Waals surface area contributed by atoms with E-state index in [4.69, 9.17) is 4.74 Å². The number of pyridine rings is 1. The molecule has 0 bridgehead atoms. The fraction of sp³-hybridized carbons (Fsp3) is 0.444. The highest BCUT2D eigenvalue weighted by molar-refractivity contribution is 5.01. The van der Waals surface area contributed by atoms with Crippen molar-refractivity contribution in [2.45, 2.75) is 13.5 Å². The Morgan fingerprint density at radius 1 is 1.55 bits per heavy atom. The molecule has 0 amide bonds. The van der Waals surface area contributed by atoms with Crippen LogP contribution in [0.2, 0.25) is 0 Å². The average molecular weight is 152 g/mol. The van der Waals surface area contributed by atoms with E-state index in [1.165, 1.54) is 5.56 Å². The monoisotopic (exact) mass is 152 g/mol. The fourth-order valence-electron chi connectivity index (χ4n) is 0.989. The van der Waals surface area contributed by atoms with E-state index in [0.29, 0.717) is 0 Å². The zero-order valence-corrected chi connectivity index (χ0v) is 7.08. The molecule has 0 unspecified atom stereocenters. The van der Waals surface area contributed by atoms with Gasteiger partial charge in [-0.25, -0.2) is 4.57 Å². The highest BCUT2D eigenvalue weighted by Crippen LogP contribution is 1.88. The van der Waals surface area contributed by atoms with Crippen molar-refractivity contribution in [1.82, 2.24) is 0 Å². The summed E-state index contributed by atoms with van der Waals surface area (Å²) in [4.78, 5) is 0. The number of aromatic nitrogens is 1. The van der Waals surface area contributed by atoms with Crippen molar-refractivity contribution in [2.24, 2.45) is 0 Å². The van der Waals surface area contributed by atoms with Crippen LogP contribution in [0.4, 0.5) is 0 Å². The molecular weight excluding hydrogens is 138 g/mol. The summed E-state index contributed by atoms with van der Waals surface area (Å²) in [6.45, 7) is 3.79. The Labute approximate surface area is 67.4 Å². The summed E-state index contributed by atoms with van der Waals surface area (Å²) in [6.07, 6.45) is 4.16. The van der Waals surface area contributed by atoms with Crippen LogP contribution in [0, 0.1) is 6.92 Å². The molecule has 0 N–H and O–H groups in total. The van der Waals surface area contributed by atoms with Crippen LogP contribution in [-0.4, -0.2) is 13.7 Å². The van der Waals surface area contributed by atoms with Crippen LogP contribution < -0.4 is 4.57 Å². The predicted octanol–water partition coefficient (Wildman–Crippen LogP) is 0.929. The molecule has 0 saturated carbocycles. The van der Waals surface area contributed by atoms with Crippen LogP contribution in [0.15, 0.2) is 24.5 Å². The predicted molar refractivity (Wildman–Crippen MR) is 43.3 cm³/mol. The van der Waals surface area contributed by atoms with Gasteiger partial charge in [0.15, 0.2) is 18.9 Å². The molecule has 2 heteroatoms. The largest absolute Gasteiger partial charge is 0.378 e. The number of aryl methyl sites for hydroxylation is 1. The number of nitrogens with zero attached hydrogens (tertiary/aromatic N) is 1. The normalized spacial score (nSPS) is 10.0. The Bertz CT molecular complexity index is 223. The molecule has 0 spiro atoms. The number of hydrogen-bond donors (Lipinski definition) is 0. The lowest BCUT2D eigenvalue weighted by atomic mass is 10.3. The molecule has 0 radical (unpaired) electrons. The van der Waals surface area contributed by atoms with Gasteiger partial charge in [0, 0.05) is 18.7 Å². The SMILES string of the molecule is COCC[n+]1cccc(C)c1. The molecule has 0 atom stereocenters. The maximum absolute atomic E-state index is 4.96. The Kier molecular flexibility index (Phi) is 3.05. The van der Waals surface area contributed by atoms with E-state index >= 15 is 0 Å². The van der Waals surface area contributed by atoms with Gasteiger partial charge in [-0.3, -0.25) is 0 Å². The van der Waals surface area contributed by atoms with Crippen molar-refractivity contribution < 1.29 is 9.30 Å². The first kappa shape index (κ1) is 8.21. The van der Waals surface area contributed by atoms with Gasteiger partial charge in [-0.1, -0.05) is 0 Å². The second-order valence-electron chi connectivity index (χ2n) is 2.61. The summed E-state index contributed by atoms with van der Waals surface area (Å²) in [6, 6.07) is 4.13. The third-order valence-electron chi connectivity index (χ3n) is 1.56. The Hall–Kier alpha value is -0.890. The van der Waals surface area contributed by atoms with Crippen molar-refractivity contribution in [1.29, 1.82) is 0 Å².